The van der Waals surface area contributed by atoms with Crippen molar-refractivity contribution in [2.24, 2.45) is 4.99 Å². The largest absolute Gasteiger partial charge is 0.494 e. The number of rotatable bonds is 8. The van der Waals surface area contributed by atoms with Crippen molar-refractivity contribution in [3.05, 3.63) is 60.2 Å². The van der Waals surface area contributed by atoms with E-state index in [0.29, 0.717) is 18.2 Å². The highest BCUT2D eigenvalue weighted by atomic mass is 32.2. The lowest BCUT2D eigenvalue weighted by molar-refractivity contribution is -0.119. The zero-order valence-corrected chi connectivity index (χ0v) is 20.6. The molecule has 0 saturated carbocycles. The highest BCUT2D eigenvalue weighted by Crippen LogP contribution is 2.42. The van der Waals surface area contributed by atoms with Gasteiger partial charge in [0.2, 0.25) is 0 Å². The number of anilines is 1. The first-order valence-electron chi connectivity index (χ1n) is 11.5. The van der Waals surface area contributed by atoms with E-state index in [9.17, 15) is 13.2 Å². The lowest BCUT2D eigenvalue weighted by atomic mass is 9.96. The zero-order chi connectivity index (χ0) is 23.4. The van der Waals surface area contributed by atoms with Crippen LogP contribution >= 0.6 is 11.8 Å². The minimum absolute atomic E-state index is 0.0642. The average molecular weight is 487 g/mol. The van der Waals surface area contributed by atoms with Crippen LogP contribution in [-0.2, 0) is 14.6 Å². The fourth-order valence-electron chi connectivity index (χ4n) is 4.33. The van der Waals surface area contributed by atoms with Gasteiger partial charge in [0.1, 0.15) is 5.75 Å². The smallest absolute Gasteiger partial charge is 0.255 e. The molecule has 2 aromatic rings. The third-order valence-corrected chi connectivity index (χ3v) is 9.25. The predicted octanol–water partition coefficient (Wildman–Crippen LogP) is 4.66. The van der Waals surface area contributed by atoms with E-state index >= 15 is 0 Å². The Morgan fingerprint density at radius 3 is 2.67 bits per heavy atom. The lowest BCUT2D eigenvalue weighted by Crippen LogP contribution is -2.37. The molecule has 0 spiro atoms. The van der Waals surface area contributed by atoms with Gasteiger partial charge in [-0.15, -0.1) is 0 Å². The minimum atomic E-state index is -3.12. The molecule has 2 fully saturated rings. The third-order valence-electron chi connectivity index (χ3n) is 6.04. The van der Waals surface area contributed by atoms with Gasteiger partial charge in [0.25, 0.3) is 5.91 Å². The summed E-state index contributed by atoms with van der Waals surface area (Å²) in [5.74, 6) is 0.378. The molecule has 0 aliphatic carbocycles. The molecule has 4 rings (SSSR count). The molecule has 33 heavy (non-hydrogen) atoms. The Bertz CT molecular complexity index is 1120. The van der Waals surface area contributed by atoms with Crippen LogP contribution < -0.4 is 9.64 Å². The topological polar surface area (TPSA) is 76.0 Å². The molecule has 0 N–H and O–H groups in total. The number of aliphatic imine (C=N–C) groups is 1. The number of thioether (sulfide) groups is 1. The third kappa shape index (κ3) is 5.44. The van der Waals surface area contributed by atoms with Crippen molar-refractivity contribution >= 4 is 38.4 Å². The molecule has 2 heterocycles. The molecule has 2 saturated heterocycles. The number of ether oxygens (including phenoxy) is 1. The number of amidine groups is 1. The van der Waals surface area contributed by atoms with E-state index in [1.165, 1.54) is 11.8 Å². The quantitative estimate of drug-likeness (QED) is 0.505. The zero-order valence-electron chi connectivity index (χ0n) is 19.0. The number of fused-ring (bicyclic) bond motifs is 1. The number of hydrogen-bond acceptors (Lipinski definition) is 5. The van der Waals surface area contributed by atoms with Crippen molar-refractivity contribution in [2.75, 3.05) is 23.0 Å². The maximum atomic E-state index is 13.2. The highest BCUT2D eigenvalue weighted by Gasteiger charge is 2.49. The highest BCUT2D eigenvalue weighted by molar-refractivity contribution is 8.16. The van der Waals surface area contributed by atoms with Gasteiger partial charge in [-0.3, -0.25) is 4.79 Å². The van der Waals surface area contributed by atoms with Crippen LogP contribution in [0.5, 0.6) is 5.75 Å². The van der Waals surface area contributed by atoms with Crippen LogP contribution in [0.3, 0.4) is 0 Å². The molecule has 8 heteroatoms. The Morgan fingerprint density at radius 2 is 1.94 bits per heavy atom. The Morgan fingerprint density at radius 1 is 1.15 bits per heavy atom. The molecular weight excluding hydrogens is 456 g/mol. The Balaban J connectivity index is 1.66. The average Bonchev–Trinajstić information content (AvgIpc) is 3.26. The van der Waals surface area contributed by atoms with Gasteiger partial charge in [0.05, 0.1) is 30.1 Å². The van der Waals surface area contributed by atoms with Crippen molar-refractivity contribution < 1.29 is 17.9 Å². The number of carbonyl (C=O) groups is 1. The Labute approximate surface area is 200 Å². The second-order valence-electron chi connectivity index (χ2n) is 8.47. The summed E-state index contributed by atoms with van der Waals surface area (Å²) in [6, 6.07) is 17.1. The van der Waals surface area contributed by atoms with Crippen LogP contribution in [0.4, 0.5) is 5.69 Å². The second-order valence-corrected chi connectivity index (χ2v) is 11.8. The fraction of sp³-hybridized carbons (Fsp3) is 0.440. The number of carbonyl (C=O) groups excluding carboxylic acids is 1. The lowest BCUT2D eigenvalue weighted by Gasteiger charge is -2.25. The first kappa shape index (κ1) is 23.8. The first-order chi connectivity index (χ1) is 15.9. The Hall–Kier alpha value is -2.32. The molecule has 2 aliphatic heterocycles. The molecule has 3 atom stereocenters. The van der Waals surface area contributed by atoms with Gasteiger partial charge >= 0.3 is 0 Å². The standard InChI is InChI=1S/C25H30N2O4S2/c1-3-5-14-31-20-13-9-12-19(15-20)27-22-16-33(29,30)17-23(22)32-25(27)26-24(28)21(4-2)18-10-7-6-8-11-18/h6-13,15,21-23H,3-5,14,16-17H2,1-2H3/t21-,22-,23+/m1/s1. The summed E-state index contributed by atoms with van der Waals surface area (Å²) in [6.07, 6.45) is 2.65. The van der Waals surface area contributed by atoms with E-state index in [1.807, 2.05) is 66.4 Å². The first-order valence-corrected chi connectivity index (χ1v) is 14.2. The number of nitrogens with zero attached hydrogens (tertiary/aromatic N) is 2. The number of benzene rings is 2. The minimum Gasteiger partial charge on any atom is -0.494 e. The molecule has 0 aromatic heterocycles. The number of amides is 1. The van der Waals surface area contributed by atoms with E-state index in [4.69, 9.17) is 4.74 Å². The van der Waals surface area contributed by atoms with E-state index < -0.39 is 9.84 Å². The van der Waals surface area contributed by atoms with Crippen LogP contribution in [-0.4, -0.2) is 48.9 Å². The summed E-state index contributed by atoms with van der Waals surface area (Å²) in [4.78, 5) is 19.7. The summed E-state index contributed by atoms with van der Waals surface area (Å²) in [5.41, 5.74) is 1.75. The SMILES string of the molecule is CCCCOc1cccc(N2C(=NC(=O)[C@H](CC)c3ccccc3)S[C@H]3CS(=O)(=O)C[C@H]32)c1. The summed E-state index contributed by atoms with van der Waals surface area (Å²) in [6.45, 7) is 4.72. The van der Waals surface area contributed by atoms with Crippen molar-refractivity contribution in [1.29, 1.82) is 0 Å². The van der Waals surface area contributed by atoms with Gasteiger partial charge in [0, 0.05) is 17.0 Å². The van der Waals surface area contributed by atoms with Crippen LogP contribution in [0.1, 0.15) is 44.6 Å². The van der Waals surface area contributed by atoms with Gasteiger partial charge in [-0.2, -0.15) is 4.99 Å². The maximum Gasteiger partial charge on any atom is 0.255 e. The van der Waals surface area contributed by atoms with Crippen LogP contribution in [0.2, 0.25) is 0 Å². The Kier molecular flexibility index (Phi) is 7.44. The van der Waals surface area contributed by atoms with Gasteiger partial charge in [0.15, 0.2) is 15.0 Å². The molecule has 176 valence electrons. The van der Waals surface area contributed by atoms with Crippen molar-refractivity contribution in [3.8, 4) is 5.75 Å². The van der Waals surface area contributed by atoms with Gasteiger partial charge in [-0.25, -0.2) is 8.42 Å². The van der Waals surface area contributed by atoms with Crippen molar-refractivity contribution in [1.82, 2.24) is 0 Å². The van der Waals surface area contributed by atoms with Crippen molar-refractivity contribution in [2.45, 2.75) is 50.3 Å². The second kappa shape index (κ2) is 10.3. The number of hydrogen-bond donors (Lipinski definition) is 0. The van der Waals surface area contributed by atoms with Crippen molar-refractivity contribution in [3.63, 3.8) is 0 Å². The van der Waals surface area contributed by atoms with Crippen LogP contribution in [0, 0.1) is 0 Å². The van der Waals surface area contributed by atoms with Gasteiger partial charge in [-0.05, 0) is 30.5 Å². The number of unbranched alkanes of at least 4 members (excludes halogenated alkanes) is 1. The molecule has 2 aromatic carbocycles. The molecule has 0 unspecified atom stereocenters. The fourth-order valence-corrected chi connectivity index (χ4v) is 8.25. The summed E-state index contributed by atoms with van der Waals surface area (Å²) < 4.78 is 30.6. The van der Waals surface area contributed by atoms with Crippen LogP contribution in [0.25, 0.3) is 0 Å². The van der Waals surface area contributed by atoms with Gasteiger partial charge in [-0.1, -0.05) is 68.4 Å². The predicted molar refractivity (Wildman–Crippen MR) is 135 cm³/mol. The van der Waals surface area contributed by atoms with E-state index in [0.717, 1.165) is 29.8 Å². The summed E-state index contributed by atoms with van der Waals surface area (Å²) in [5, 5.41) is 0.438. The molecular formula is C25H30N2O4S2. The van der Waals surface area contributed by atoms with Gasteiger partial charge < -0.3 is 9.64 Å². The van der Waals surface area contributed by atoms with E-state index in [1.54, 1.807) is 0 Å². The van der Waals surface area contributed by atoms with E-state index in [-0.39, 0.29) is 34.6 Å². The molecule has 2 aliphatic rings. The monoisotopic (exact) mass is 486 g/mol. The maximum absolute atomic E-state index is 13.2. The van der Waals surface area contributed by atoms with E-state index in [2.05, 4.69) is 11.9 Å². The molecule has 0 radical (unpaired) electrons. The normalized spacial score (nSPS) is 23.5. The molecule has 1 amide bonds. The number of sulfone groups is 1. The summed E-state index contributed by atoms with van der Waals surface area (Å²) in [7, 11) is -3.12. The molecule has 0 bridgehead atoms. The summed E-state index contributed by atoms with van der Waals surface area (Å²) >= 11 is 1.40. The molecule has 6 nitrogen and oxygen atoms in total. The van der Waals surface area contributed by atoms with Crippen LogP contribution in [0.15, 0.2) is 59.6 Å².